The molecule has 0 aromatic heterocycles. The third-order valence-electron chi connectivity index (χ3n) is 2.78. The molecule has 1 aliphatic carbocycles. The van der Waals surface area contributed by atoms with Crippen LogP contribution in [0.15, 0.2) is 43.0 Å². The Hall–Kier alpha value is -1.56. The van der Waals surface area contributed by atoms with Gasteiger partial charge in [0.25, 0.3) is 0 Å². The van der Waals surface area contributed by atoms with Crippen LogP contribution in [0.5, 0.6) is 0 Å². The first-order chi connectivity index (χ1) is 6.36. The molecule has 0 bridgehead atoms. The summed E-state index contributed by atoms with van der Waals surface area (Å²) in [5, 5.41) is 2.75. The van der Waals surface area contributed by atoms with Crippen molar-refractivity contribution < 1.29 is 0 Å². The second-order valence-electron chi connectivity index (χ2n) is 3.60. The van der Waals surface area contributed by atoms with Gasteiger partial charge in [-0.05, 0) is 33.9 Å². The molecule has 0 saturated carbocycles. The van der Waals surface area contributed by atoms with Crippen LogP contribution in [0.4, 0.5) is 0 Å². The van der Waals surface area contributed by atoms with E-state index in [0.29, 0.717) is 0 Å². The monoisotopic (exact) mass is 166 g/mol. The first-order valence-corrected chi connectivity index (χ1v) is 4.55. The predicted octanol–water partition coefficient (Wildman–Crippen LogP) is 3.41. The fraction of sp³-hybridized carbons (Fsp3) is 0.0769. The van der Waals surface area contributed by atoms with Crippen LogP contribution in [-0.2, 0) is 6.42 Å². The van der Waals surface area contributed by atoms with Gasteiger partial charge in [0.2, 0.25) is 0 Å². The highest BCUT2D eigenvalue weighted by Crippen LogP contribution is 2.36. The van der Waals surface area contributed by atoms with Crippen LogP contribution in [0.3, 0.4) is 0 Å². The van der Waals surface area contributed by atoms with Crippen molar-refractivity contribution >= 4 is 16.3 Å². The Labute approximate surface area is 77.5 Å². The van der Waals surface area contributed by atoms with E-state index < -0.39 is 0 Å². The molecular formula is C13H10. The van der Waals surface area contributed by atoms with E-state index in [0.717, 1.165) is 6.42 Å². The molecule has 0 fully saturated rings. The van der Waals surface area contributed by atoms with Crippen LogP contribution >= 0.6 is 0 Å². The molecule has 1 aliphatic rings. The van der Waals surface area contributed by atoms with E-state index >= 15 is 0 Å². The standard InChI is InChI=1S/C13H10/c1-9-8-11-6-2-4-10-5-3-7-12(9)13(10)11/h2-7H,1,8H2. The summed E-state index contributed by atoms with van der Waals surface area (Å²) >= 11 is 0. The van der Waals surface area contributed by atoms with Gasteiger partial charge in [0, 0.05) is 0 Å². The summed E-state index contributed by atoms with van der Waals surface area (Å²) in [4.78, 5) is 0. The van der Waals surface area contributed by atoms with E-state index in [4.69, 9.17) is 0 Å². The maximum absolute atomic E-state index is 4.09. The quantitative estimate of drug-likeness (QED) is 0.562. The maximum atomic E-state index is 4.09. The molecule has 0 saturated heterocycles. The second kappa shape index (κ2) is 2.23. The van der Waals surface area contributed by atoms with E-state index in [-0.39, 0.29) is 0 Å². The Kier molecular flexibility index (Phi) is 1.18. The summed E-state index contributed by atoms with van der Waals surface area (Å²) in [5.74, 6) is 0. The van der Waals surface area contributed by atoms with Crippen molar-refractivity contribution in [3.05, 3.63) is 54.1 Å². The number of rotatable bonds is 0. The predicted molar refractivity (Wildman–Crippen MR) is 56.7 cm³/mol. The van der Waals surface area contributed by atoms with Gasteiger partial charge < -0.3 is 0 Å². The summed E-state index contributed by atoms with van der Waals surface area (Å²) in [6, 6.07) is 12.9. The molecule has 0 nitrogen and oxygen atoms in total. The highest BCUT2D eigenvalue weighted by atomic mass is 14.2. The van der Waals surface area contributed by atoms with E-state index in [9.17, 15) is 0 Å². The molecule has 2 aromatic rings. The average Bonchev–Trinajstić information content (AvgIpc) is 2.47. The minimum Gasteiger partial charge on any atom is -0.0949 e. The average molecular weight is 166 g/mol. The van der Waals surface area contributed by atoms with Crippen LogP contribution in [0.1, 0.15) is 11.1 Å². The molecule has 2 aromatic carbocycles. The van der Waals surface area contributed by atoms with Gasteiger partial charge in [0.05, 0.1) is 0 Å². The Morgan fingerprint density at radius 2 is 1.77 bits per heavy atom. The van der Waals surface area contributed by atoms with Crippen molar-refractivity contribution in [1.82, 2.24) is 0 Å². The second-order valence-corrected chi connectivity index (χ2v) is 3.60. The third-order valence-corrected chi connectivity index (χ3v) is 2.78. The minimum absolute atomic E-state index is 1.02. The van der Waals surface area contributed by atoms with Crippen molar-refractivity contribution in [1.29, 1.82) is 0 Å². The Bertz CT molecular complexity index is 501. The smallest absolute Gasteiger partial charge is 0.00191 e. The van der Waals surface area contributed by atoms with Gasteiger partial charge in [0.1, 0.15) is 0 Å². The van der Waals surface area contributed by atoms with Crippen molar-refractivity contribution in [2.45, 2.75) is 6.42 Å². The lowest BCUT2D eigenvalue weighted by molar-refractivity contribution is 1.38. The van der Waals surface area contributed by atoms with E-state index in [1.807, 2.05) is 0 Å². The van der Waals surface area contributed by atoms with Crippen LogP contribution in [0, 0.1) is 0 Å². The Morgan fingerprint density at radius 3 is 2.62 bits per heavy atom. The summed E-state index contributed by atoms with van der Waals surface area (Å²) in [7, 11) is 0. The molecule has 13 heavy (non-hydrogen) atoms. The van der Waals surface area contributed by atoms with Gasteiger partial charge in [-0.25, -0.2) is 0 Å². The zero-order chi connectivity index (χ0) is 8.84. The molecular weight excluding hydrogens is 156 g/mol. The van der Waals surface area contributed by atoms with Crippen molar-refractivity contribution in [3.8, 4) is 0 Å². The maximum Gasteiger partial charge on any atom is -0.00191 e. The number of hydrogen-bond donors (Lipinski definition) is 0. The minimum atomic E-state index is 1.02. The fourth-order valence-corrected chi connectivity index (χ4v) is 2.19. The SMILES string of the molecule is C=C1Cc2cccc3cccc1c23. The lowest BCUT2D eigenvalue weighted by atomic mass is 10.1. The first kappa shape index (κ1) is 6.90. The molecule has 3 rings (SSSR count). The third kappa shape index (κ3) is 0.803. The zero-order valence-corrected chi connectivity index (χ0v) is 7.38. The van der Waals surface area contributed by atoms with E-state index in [1.165, 1.54) is 27.5 Å². The largest absolute Gasteiger partial charge is 0.0949 e. The molecule has 0 heteroatoms. The molecule has 0 N–H and O–H groups in total. The number of hydrogen-bond acceptors (Lipinski definition) is 0. The van der Waals surface area contributed by atoms with Gasteiger partial charge in [-0.3, -0.25) is 0 Å². The molecule has 0 radical (unpaired) electrons. The van der Waals surface area contributed by atoms with Crippen molar-refractivity contribution in [3.63, 3.8) is 0 Å². The molecule has 62 valence electrons. The first-order valence-electron chi connectivity index (χ1n) is 4.55. The van der Waals surface area contributed by atoms with Crippen LogP contribution in [0.25, 0.3) is 16.3 Å². The van der Waals surface area contributed by atoms with Gasteiger partial charge in [-0.2, -0.15) is 0 Å². The van der Waals surface area contributed by atoms with Gasteiger partial charge in [-0.1, -0.05) is 43.0 Å². The van der Waals surface area contributed by atoms with Crippen molar-refractivity contribution in [2.75, 3.05) is 0 Å². The Balaban J connectivity index is 2.58. The number of allylic oxidation sites excluding steroid dienone is 1. The van der Waals surface area contributed by atoms with E-state index in [2.05, 4.69) is 43.0 Å². The lowest BCUT2D eigenvalue weighted by Gasteiger charge is -1.99. The lowest BCUT2D eigenvalue weighted by Crippen LogP contribution is -1.76. The topological polar surface area (TPSA) is 0 Å². The molecule has 0 amide bonds. The fourth-order valence-electron chi connectivity index (χ4n) is 2.19. The highest BCUT2D eigenvalue weighted by molar-refractivity contribution is 6.00. The molecule has 0 spiro atoms. The molecule has 0 unspecified atom stereocenters. The molecule has 0 aliphatic heterocycles. The van der Waals surface area contributed by atoms with Crippen LogP contribution < -0.4 is 0 Å². The summed E-state index contributed by atoms with van der Waals surface area (Å²) < 4.78 is 0. The normalized spacial score (nSPS) is 14.0. The summed E-state index contributed by atoms with van der Waals surface area (Å²) in [6.45, 7) is 4.09. The summed E-state index contributed by atoms with van der Waals surface area (Å²) in [5.41, 5.74) is 4.03. The van der Waals surface area contributed by atoms with Gasteiger partial charge >= 0.3 is 0 Å². The summed E-state index contributed by atoms with van der Waals surface area (Å²) in [6.07, 6.45) is 1.02. The highest BCUT2D eigenvalue weighted by Gasteiger charge is 2.15. The van der Waals surface area contributed by atoms with Crippen LogP contribution in [0.2, 0.25) is 0 Å². The Morgan fingerprint density at radius 1 is 1.00 bits per heavy atom. The van der Waals surface area contributed by atoms with Crippen molar-refractivity contribution in [2.24, 2.45) is 0 Å². The van der Waals surface area contributed by atoms with Crippen LogP contribution in [-0.4, -0.2) is 0 Å². The van der Waals surface area contributed by atoms with E-state index in [1.54, 1.807) is 0 Å². The molecule has 0 heterocycles. The van der Waals surface area contributed by atoms with Gasteiger partial charge in [0.15, 0.2) is 0 Å². The molecule has 0 atom stereocenters. The number of benzene rings is 2. The zero-order valence-electron chi connectivity index (χ0n) is 7.38. The van der Waals surface area contributed by atoms with Gasteiger partial charge in [-0.15, -0.1) is 0 Å².